The molecule has 3 aliphatic heterocycles. The van der Waals surface area contributed by atoms with Gasteiger partial charge < -0.3 is 34.0 Å². The quantitative estimate of drug-likeness (QED) is 0.135. The van der Waals surface area contributed by atoms with Crippen LogP contribution in [0.3, 0.4) is 0 Å². The monoisotopic (exact) mass is 810 g/mol. The maximum atomic E-state index is 15.0. The second kappa shape index (κ2) is 17.0. The number of alkyl halides is 6. The minimum absolute atomic E-state index is 0.0130. The van der Waals surface area contributed by atoms with Crippen LogP contribution in [0.4, 0.5) is 32.0 Å². The number of anilines is 1. The molecule has 1 aromatic carbocycles. The number of hydrogen-bond acceptors (Lipinski definition) is 9. The van der Waals surface area contributed by atoms with Gasteiger partial charge in [0.1, 0.15) is 21.9 Å². The fourth-order valence-corrected chi connectivity index (χ4v) is 7.98. The Hall–Kier alpha value is -5.00. The molecule has 5 heterocycles. The normalized spacial score (nSPS) is 20.9. The molecule has 0 saturated carbocycles. The number of amides is 2. The fraction of sp³-hybridized carbons (Fsp3) is 0.474. The van der Waals surface area contributed by atoms with E-state index in [1.54, 1.807) is 24.3 Å². The van der Waals surface area contributed by atoms with Gasteiger partial charge in [0.15, 0.2) is 0 Å². The number of pyridine rings is 1. The van der Waals surface area contributed by atoms with Gasteiger partial charge in [-0.3, -0.25) is 14.4 Å². The summed E-state index contributed by atoms with van der Waals surface area (Å²) < 4.78 is 103. The number of thiophene rings is 1. The first kappa shape index (κ1) is 40.7. The number of allylic oxidation sites excluding steroid dienone is 1. The average molecular weight is 811 g/mol. The molecule has 302 valence electrons. The van der Waals surface area contributed by atoms with Crippen LogP contribution in [0.25, 0.3) is 0 Å². The molecule has 6 rings (SSSR count). The number of para-hydroxylation sites is 2. The van der Waals surface area contributed by atoms with E-state index in [0.717, 1.165) is 22.5 Å². The maximum absolute atomic E-state index is 15.0. The Labute approximate surface area is 322 Å². The summed E-state index contributed by atoms with van der Waals surface area (Å²) in [6, 6.07) is 7.39. The van der Waals surface area contributed by atoms with Gasteiger partial charge in [-0.2, -0.15) is 26.3 Å². The number of rotatable bonds is 9. The first-order chi connectivity index (χ1) is 26.7. The highest BCUT2D eigenvalue weighted by atomic mass is 32.1. The van der Waals surface area contributed by atoms with Crippen LogP contribution in [0.15, 0.2) is 60.1 Å². The number of fused-ring (bicyclic) bond motifs is 2. The third-order valence-corrected chi connectivity index (χ3v) is 10.9. The standard InChI is InChI=1S/C38H40F6N4O7S/c39-37(40,41)26-13-15-45-33-32(26)34(51)48-16-8-14-36(29(48)11-3-1-2-6-21-54-33,55-25-23-30(56-24-25)38(42,43)44)35(52)47-19-17-46(18-20-47)27-9-4-5-10-28(27)53-22-7-12-31(49)50/h1,3-5,9-10,13,15,23-24,29H,2,6-8,11-12,14,16-22H2,(H,49,50)/t29-,36+/m1/s1. The van der Waals surface area contributed by atoms with Gasteiger partial charge in [-0.25, -0.2) is 4.98 Å². The summed E-state index contributed by atoms with van der Waals surface area (Å²) >= 11 is 0.376. The van der Waals surface area contributed by atoms with Crippen LogP contribution in [-0.4, -0.2) is 95.3 Å². The number of carbonyl (C=O) groups excluding carboxylic acids is 2. The molecule has 2 saturated heterocycles. The average Bonchev–Trinajstić information content (AvgIpc) is 3.64. The van der Waals surface area contributed by atoms with Crippen molar-refractivity contribution in [1.29, 1.82) is 0 Å². The number of aliphatic carboxylic acids is 1. The Balaban J connectivity index is 1.35. The first-order valence-electron chi connectivity index (χ1n) is 18.2. The number of piperidine rings is 1. The van der Waals surface area contributed by atoms with Gasteiger partial charge in [0, 0.05) is 63.2 Å². The molecule has 0 radical (unpaired) electrons. The van der Waals surface area contributed by atoms with Crippen LogP contribution in [0.5, 0.6) is 17.4 Å². The van der Waals surface area contributed by atoms with Crippen LogP contribution >= 0.6 is 11.3 Å². The highest BCUT2D eigenvalue weighted by molar-refractivity contribution is 7.10. The van der Waals surface area contributed by atoms with Crippen molar-refractivity contribution in [2.75, 3.05) is 50.8 Å². The molecular weight excluding hydrogens is 770 g/mol. The van der Waals surface area contributed by atoms with Crippen molar-refractivity contribution in [3.8, 4) is 17.4 Å². The Morgan fingerprint density at radius 2 is 1.77 bits per heavy atom. The molecule has 3 aliphatic rings. The van der Waals surface area contributed by atoms with Crippen molar-refractivity contribution in [3.05, 3.63) is 76.1 Å². The van der Waals surface area contributed by atoms with Crippen molar-refractivity contribution in [2.45, 2.75) is 68.9 Å². The van der Waals surface area contributed by atoms with E-state index in [1.165, 1.54) is 4.90 Å². The Morgan fingerprint density at radius 1 is 1.00 bits per heavy atom. The molecule has 0 aliphatic carbocycles. The van der Waals surface area contributed by atoms with Gasteiger partial charge in [0.05, 0.1) is 30.5 Å². The lowest BCUT2D eigenvalue weighted by molar-refractivity contribution is -0.159. The van der Waals surface area contributed by atoms with Gasteiger partial charge in [-0.1, -0.05) is 24.3 Å². The molecule has 0 spiro atoms. The van der Waals surface area contributed by atoms with E-state index in [0.29, 0.717) is 61.2 Å². The number of ether oxygens (including phenoxy) is 3. The number of nitrogens with zero attached hydrogens (tertiary/aromatic N) is 4. The fourth-order valence-electron chi connectivity index (χ4n) is 7.31. The zero-order valence-electron chi connectivity index (χ0n) is 30.1. The predicted octanol–water partition coefficient (Wildman–Crippen LogP) is 7.31. The van der Waals surface area contributed by atoms with Crippen molar-refractivity contribution >= 4 is 34.8 Å². The van der Waals surface area contributed by atoms with E-state index in [-0.39, 0.29) is 64.3 Å². The van der Waals surface area contributed by atoms with Gasteiger partial charge in [-0.05, 0) is 50.3 Å². The molecule has 18 heteroatoms. The number of aromatic nitrogens is 1. The molecular formula is C38H40F6N4O7S. The summed E-state index contributed by atoms with van der Waals surface area (Å²) in [6.07, 6.45) is -4.20. The summed E-state index contributed by atoms with van der Waals surface area (Å²) in [4.78, 5) is 48.1. The molecule has 2 fully saturated rings. The number of carboxylic acids is 1. The van der Waals surface area contributed by atoms with Crippen molar-refractivity contribution < 1.29 is 60.0 Å². The number of benzene rings is 1. The van der Waals surface area contributed by atoms with E-state index in [4.69, 9.17) is 19.3 Å². The second-order valence-corrected chi connectivity index (χ2v) is 14.5. The topological polar surface area (TPSA) is 122 Å². The van der Waals surface area contributed by atoms with Crippen LogP contribution in [0, 0.1) is 0 Å². The molecule has 0 bridgehead atoms. The Morgan fingerprint density at radius 3 is 2.48 bits per heavy atom. The highest BCUT2D eigenvalue weighted by Crippen LogP contribution is 2.44. The van der Waals surface area contributed by atoms with Crippen LogP contribution < -0.4 is 19.1 Å². The zero-order valence-corrected chi connectivity index (χ0v) is 30.9. The largest absolute Gasteiger partial charge is 0.491 e. The summed E-state index contributed by atoms with van der Waals surface area (Å²) in [6.45, 7) is 0.937. The van der Waals surface area contributed by atoms with Crippen molar-refractivity contribution in [3.63, 3.8) is 0 Å². The van der Waals surface area contributed by atoms with E-state index in [2.05, 4.69) is 4.98 Å². The van der Waals surface area contributed by atoms with Gasteiger partial charge in [0.25, 0.3) is 11.8 Å². The third kappa shape index (κ3) is 9.00. The summed E-state index contributed by atoms with van der Waals surface area (Å²) in [5, 5.41) is 10.1. The summed E-state index contributed by atoms with van der Waals surface area (Å²) in [7, 11) is 0. The SMILES string of the molecule is O=C(O)CCCOc1ccccc1N1CCN(C(=O)[C@]2(Oc3csc(C(F)(F)F)c3)CCCN3C(=O)c4c(C(F)(F)F)ccnc4OCCCC=CC[C@@H]32)CC1. The molecule has 1 N–H and O–H groups in total. The molecule has 2 aromatic heterocycles. The molecule has 3 aromatic rings. The van der Waals surface area contributed by atoms with Crippen molar-refractivity contribution in [2.24, 2.45) is 0 Å². The van der Waals surface area contributed by atoms with Gasteiger partial charge in [0.2, 0.25) is 11.5 Å². The summed E-state index contributed by atoms with van der Waals surface area (Å²) in [5.41, 5.74) is -3.36. The van der Waals surface area contributed by atoms with E-state index >= 15 is 4.79 Å². The zero-order chi connectivity index (χ0) is 40.1. The lowest BCUT2D eigenvalue weighted by atomic mass is 9.80. The smallest absolute Gasteiger partial charge is 0.425 e. The number of hydrogen-bond donors (Lipinski definition) is 1. The lowest BCUT2D eigenvalue weighted by Gasteiger charge is -2.50. The minimum Gasteiger partial charge on any atom is -0.491 e. The minimum atomic E-state index is -4.97. The summed E-state index contributed by atoms with van der Waals surface area (Å²) in [5.74, 6) is -2.89. The molecule has 56 heavy (non-hydrogen) atoms. The number of piperazine rings is 1. The highest BCUT2D eigenvalue weighted by Gasteiger charge is 2.56. The molecule has 2 atom stereocenters. The predicted molar refractivity (Wildman–Crippen MR) is 192 cm³/mol. The van der Waals surface area contributed by atoms with E-state index < -0.39 is 63.7 Å². The Kier molecular flexibility index (Phi) is 12.4. The first-order valence-corrected chi connectivity index (χ1v) is 19.0. The number of carboxylic acid groups (broad SMARTS) is 1. The lowest BCUT2D eigenvalue weighted by Crippen LogP contribution is -2.69. The second-order valence-electron chi connectivity index (χ2n) is 13.6. The van der Waals surface area contributed by atoms with Gasteiger partial charge >= 0.3 is 18.3 Å². The molecule has 11 nitrogen and oxygen atoms in total. The van der Waals surface area contributed by atoms with E-state index in [1.807, 2.05) is 17.0 Å². The number of carbonyl (C=O) groups is 3. The van der Waals surface area contributed by atoms with Crippen LogP contribution in [-0.2, 0) is 21.9 Å². The van der Waals surface area contributed by atoms with E-state index in [9.17, 15) is 35.9 Å². The van der Waals surface area contributed by atoms with Crippen LogP contribution in [0.2, 0.25) is 0 Å². The molecule has 0 unspecified atom stereocenters. The van der Waals surface area contributed by atoms with Crippen LogP contribution in [0.1, 0.15) is 65.7 Å². The molecule has 2 amide bonds. The van der Waals surface area contributed by atoms with Gasteiger partial charge in [-0.15, -0.1) is 11.3 Å². The third-order valence-electron chi connectivity index (χ3n) is 9.92. The van der Waals surface area contributed by atoms with Crippen molar-refractivity contribution in [1.82, 2.24) is 14.8 Å². The Bertz CT molecular complexity index is 1910. The maximum Gasteiger partial charge on any atom is 0.425 e. The number of halogens is 6.